The monoisotopic (exact) mass is 844 g/mol. The second kappa shape index (κ2) is 18.0. The van der Waals surface area contributed by atoms with E-state index in [1.54, 1.807) is 0 Å². The Hall–Kier alpha value is -2.83. The van der Waals surface area contributed by atoms with Gasteiger partial charge in [-0.1, -0.05) is 161 Å². The molecule has 0 aromatic heterocycles. The van der Waals surface area contributed by atoms with Crippen LogP contribution in [0.1, 0.15) is 11.1 Å². The van der Waals surface area contributed by atoms with Gasteiger partial charge in [-0.3, -0.25) is 0 Å². The minimum atomic E-state index is -0.826. The molecule has 6 heteroatoms. The molecule has 2 radical (unpaired) electrons. The van der Waals surface area contributed by atoms with Crippen molar-refractivity contribution in [2.75, 3.05) is 0 Å². The van der Waals surface area contributed by atoms with Crippen molar-refractivity contribution in [1.82, 2.24) is 0 Å². The molecule has 0 aliphatic carbocycles. The standard InChI is InChI=1S/2C20H15.C6H18Si3.2ClH.Zr/c2*1-14-12-16-8-5-11-19(20(16)13-14)18-10-4-7-15-6-2-3-9-17(15)18;1-8(2,3)7-9(4,5)6;;;/h2*2-13H,1H3;1-6H3;2*1H;/q2*-1;;;;+4/p-2. The van der Waals surface area contributed by atoms with Crippen molar-refractivity contribution in [3.8, 4) is 22.3 Å². The molecule has 0 saturated heterocycles. The Morgan fingerprint density at radius 1 is 0.442 bits per heavy atom. The van der Waals surface area contributed by atoms with Gasteiger partial charge in [0, 0.05) is 23.7 Å². The van der Waals surface area contributed by atoms with Gasteiger partial charge in [-0.15, -0.1) is 69.1 Å². The Kier molecular flexibility index (Phi) is 14.0. The summed E-state index contributed by atoms with van der Waals surface area (Å²) in [5.41, 5.74) is 7.94. The van der Waals surface area contributed by atoms with Crippen molar-refractivity contribution in [1.29, 1.82) is 0 Å². The quantitative estimate of drug-likeness (QED) is 0.122. The van der Waals surface area contributed by atoms with Gasteiger partial charge in [-0.25, -0.2) is 0 Å². The first-order valence-corrected chi connectivity index (χ1v) is 34.1. The SMILES string of the molecule is C[Si](C)(C)[Si][Si](C)(C)C.Cc1cc2c(-c3cccc4ccccc34)cccc2[cH-]1.Cc1cc2c(-c3cccc4ccccc34)cccc2[cH-]1.[Cl][Zr+2][Cl]. The molecule has 8 rings (SSSR count). The summed E-state index contributed by atoms with van der Waals surface area (Å²) < 4.78 is 0. The number of hydrogen-bond donors (Lipinski definition) is 0. The van der Waals surface area contributed by atoms with Gasteiger partial charge in [0.25, 0.3) is 0 Å². The van der Waals surface area contributed by atoms with Crippen LogP contribution in [0.15, 0.2) is 146 Å². The average molecular weight is 847 g/mol. The molecular weight excluding hydrogens is 799 g/mol. The van der Waals surface area contributed by atoms with Crippen molar-refractivity contribution in [3.63, 3.8) is 0 Å². The Labute approximate surface area is 334 Å². The minimum absolute atomic E-state index is 0.703. The van der Waals surface area contributed by atoms with Crippen molar-refractivity contribution in [2.45, 2.75) is 53.1 Å². The predicted molar refractivity (Wildman–Crippen MR) is 239 cm³/mol. The molecule has 0 N–H and O–H groups in total. The van der Waals surface area contributed by atoms with E-state index in [1.807, 2.05) is 0 Å². The van der Waals surface area contributed by atoms with Crippen molar-refractivity contribution in [2.24, 2.45) is 0 Å². The van der Waals surface area contributed by atoms with Crippen LogP contribution in [0.5, 0.6) is 0 Å². The van der Waals surface area contributed by atoms with Gasteiger partial charge in [0.05, 0.1) is 0 Å². The van der Waals surface area contributed by atoms with E-state index in [-0.39, 0.29) is 0 Å². The fraction of sp³-hybridized carbons (Fsp3) is 0.174. The molecule has 0 unspecified atom stereocenters. The number of rotatable bonds is 4. The van der Waals surface area contributed by atoms with E-state index in [4.69, 9.17) is 17.0 Å². The molecule has 8 aromatic carbocycles. The summed E-state index contributed by atoms with van der Waals surface area (Å²) in [6.07, 6.45) is 0. The van der Waals surface area contributed by atoms with Gasteiger partial charge in [-0.2, -0.15) is 12.1 Å². The summed E-state index contributed by atoms with van der Waals surface area (Å²) in [6.45, 7) is 19.2. The first kappa shape index (κ1) is 40.4. The van der Waals surface area contributed by atoms with Crippen LogP contribution < -0.4 is 0 Å². The molecular formula is C46H48Cl2Si3Zr. The molecule has 52 heavy (non-hydrogen) atoms. The molecule has 0 aliphatic heterocycles. The topological polar surface area (TPSA) is 0 Å². The third-order valence-electron chi connectivity index (χ3n) is 8.70. The second-order valence-electron chi connectivity index (χ2n) is 15.4. The summed E-state index contributed by atoms with van der Waals surface area (Å²) in [5, 5.41) is 10.6. The van der Waals surface area contributed by atoms with E-state index in [0.29, 0.717) is 0 Å². The van der Waals surface area contributed by atoms with Crippen LogP contribution in [0.2, 0.25) is 39.3 Å². The first-order valence-electron chi connectivity index (χ1n) is 17.8. The average Bonchev–Trinajstić information content (AvgIpc) is 3.68. The molecule has 0 heterocycles. The molecule has 262 valence electrons. The van der Waals surface area contributed by atoms with E-state index in [2.05, 4.69) is 199 Å². The Morgan fingerprint density at radius 3 is 1.10 bits per heavy atom. The fourth-order valence-electron chi connectivity index (χ4n) is 7.28. The summed E-state index contributed by atoms with van der Waals surface area (Å²) in [6, 6.07) is 52.5. The molecule has 0 bridgehead atoms. The van der Waals surface area contributed by atoms with Crippen LogP contribution in [-0.4, -0.2) is 23.7 Å². The maximum absolute atomic E-state index is 4.93. The Morgan fingerprint density at radius 2 is 0.750 bits per heavy atom. The third-order valence-corrected chi connectivity index (χ3v) is 28.2. The van der Waals surface area contributed by atoms with Crippen LogP contribution >= 0.6 is 17.0 Å². The molecule has 8 aromatic rings. The molecule has 0 spiro atoms. The Balaban J connectivity index is 0.000000155. The van der Waals surface area contributed by atoms with E-state index >= 15 is 0 Å². The maximum atomic E-state index is 4.93. The Bertz CT molecular complexity index is 2210. The zero-order chi connectivity index (χ0) is 37.5. The number of halogens is 2. The van der Waals surface area contributed by atoms with Crippen LogP contribution in [0.4, 0.5) is 0 Å². The van der Waals surface area contributed by atoms with Crippen molar-refractivity contribution < 1.29 is 20.8 Å². The zero-order valence-corrected chi connectivity index (χ0v) is 38.6. The summed E-state index contributed by atoms with van der Waals surface area (Å²) in [5.74, 6) is 0. The summed E-state index contributed by atoms with van der Waals surface area (Å²) in [4.78, 5) is 0. The van der Waals surface area contributed by atoms with Gasteiger partial charge >= 0.3 is 37.9 Å². The van der Waals surface area contributed by atoms with E-state index in [0.717, 1.165) is 0 Å². The van der Waals surface area contributed by atoms with Crippen LogP contribution in [0.3, 0.4) is 0 Å². The molecule has 0 amide bonds. The van der Waals surface area contributed by atoms with Gasteiger partial charge < -0.3 is 0 Å². The number of aryl methyl sites for hydroxylation is 2. The van der Waals surface area contributed by atoms with Crippen LogP contribution in [0.25, 0.3) is 65.3 Å². The zero-order valence-electron chi connectivity index (χ0n) is 31.6. The van der Waals surface area contributed by atoms with E-state index < -0.39 is 36.0 Å². The molecule has 0 aliphatic rings. The van der Waals surface area contributed by atoms with Gasteiger partial charge in [0.2, 0.25) is 0 Å². The van der Waals surface area contributed by atoms with Gasteiger partial charge in [0.1, 0.15) is 0 Å². The number of benzene rings is 6. The molecule has 0 saturated carbocycles. The fourth-order valence-corrected chi connectivity index (χ4v) is 36.5. The first-order chi connectivity index (χ1) is 24.8. The summed E-state index contributed by atoms with van der Waals surface area (Å²) in [7, 11) is 9.79. The van der Waals surface area contributed by atoms with Crippen molar-refractivity contribution >= 4 is 83.9 Å². The van der Waals surface area contributed by atoms with E-state index in [9.17, 15) is 0 Å². The van der Waals surface area contributed by atoms with Gasteiger partial charge in [0.15, 0.2) is 0 Å². The predicted octanol–water partition coefficient (Wildman–Crippen LogP) is 15.1. The van der Waals surface area contributed by atoms with Gasteiger partial charge in [-0.05, 0) is 32.7 Å². The number of hydrogen-bond acceptors (Lipinski definition) is 0. The number of fused-ring (bicyclic) bond motifs is 4. The summed E-state index contributed by atoms with van der Waals surface area (Å²) >= 11 is -0.826. The van der Waals surface area contributed by atoms with Crippen LogP contribution in [0, 0.1) is 13.8 Å². The molecule has 0 atom stereocenters. The van der Waals surface area contributed by atoms with Crippen LogP contribution in [-0.2, 0) is 20.8 Å². The second-order valence-corrected chi connectivity index (χ2v) is 40.4. The van der Waals surface area contributed by atoms with Crippen molar-refractivity contribution in [3.05, 3.63) is 157 Å². The molecule has 0 fully saturated rings. The third kappa shape index (κ3) is 10.7. The normalized spacial score (nSPS) is 11.3. The molecule has 0 nitrogen and oxygen atoms in total. The van der Waals surface area contributed by atoms with E-state index in [1.165, 1.54) is 85.0 Å².